The summed E-state index contributed by atoms with van der Waals surface area (Å²) in [7, 11) is 1.61. The van der Waals surface area contributed by atoms with Gasteiger partial charge in [0, 0.05) is 12.7 Å². The molecule has 0 unspecified atom stereocenters. The number of rotatable bonds is 5. The Hall–Kier alpha value is -3.12. The van der Waals surface area contributed by atoms with Crippen LogP contribution in [0.15, 0.2) is 60.9 Å². The minimum atomic E-state index is -0.178. The lowest BCUT2D eigenvalue weighted by molar-refractivity contribution is 0.0411. The number of hydrogen-bond acceptors (Lipinski definition) is 4. The number of nitrogens with one attached hydrogen (secondary N) is 1. The van der Waals surface area contributed by atoms with Gasteiger partial charge >= 0.3 is 0 Å². The topological polar surface area (TPSA) is 65.4 Å². The summed E-state index contributed by atoms with van der Waals surface area (Å²) in [5.41, 5.74) is 3.70. The fraction of sp³-hybridized carbons (Fsp3) is 0.238. The third-order valence-electron chi connectivity index (χ3n) is 4.72. The zero-order valence-electron chi connectivity index (χ0n) is 15.1. The number of carbonyl (C=O) groups excluding carboxylic acids is 1. The lowest BCUT2D eigenvalue weighted by Gasteiger charge is -2.26. The molecule has 27 heavy (non-hydrogen) atoms. The van der Waals surface area contributed by atoms with Crippen molar-refractivity contribution in [3.63, 3.8) is 0 Å². The van der Waals surface area contributed by atoms with Gasteiger partial charge in [-0.1, -0.05) is 36.4 Å². The maximum atomic E-state index is 12.5. The summed E-state index contributed by atoms with van der Waals surface area (Å²) in [4.78, 5) is 12.5. The zero-order valence-corrected chi connectivity index (χ0v) is 15.1. The SMILES string of the molecule is COc1ccccc1-n1cc(C(=O)NC[C@@H]2OCCc3ccccc32)cn1. The molecule has 0 bridgehead atoms. The van der Waals surface area contributed by atoms with Crippen LogP contribution < -0.4 is 10.1 Å². The van der Waals surface area contributed by atoms with Crippen LogP contribution in [0.3, 0.4) is 0 Å². The summed E-state index contributed by atoms with van der Waals surface area (Å²) in [5.74, 6) is 0.516. The Morgan fingerprint density at radius 1 is 1.26 bits per heavy atom. The highest BCUT2D eigenvalue weighted by molar-refractivity contribution is 5.93. The summed E-state index contributed by atoms with van der Waals surface area (Å²) < 4.78 is 12.8. The molecule has 0 spiro atoms. The van der Waals surface area contributed by atoms with Crippen LogP contribution in [0.25, 0.3) is 5.69 Å². The van der Waals surface area contributed by atoms with Crippen molar-refractivity contribution in [3.8, 4) is 11.4 Å². The highest BCUT2D eigenvalue weighted by Crippen LogP contribution is 2.26. The van der Waals surface area contributed by atoms with Crippen LogP contribution in [-0.2, 0) is 11.2 Å². The standard InChI is InChI=1S/C21H21N3O3/c1-26-19-9-5-4-8-18(19)24-14-16(12-23-24)21(25)22-13-20-17-7-3-2-6-15(17)10-11-27-20/h2-9,12,14,20H,10-11,13H2,1H3,(H,22,25)/t20-/m0/s1. The summed E-state index contributed by atoms with van der Waals surface area (Å²) >= 11 is 0. The lowest BCUT2D eigenvalue weighted by Crippen LogP contribution is -2.31. The van der Waals surface area contributed by atoms with Gasteiger partial charge in [0.05, 0.1) is 25.5 Å². The van der Waals surface area contributed by atoms with Crippen LogP contribution in [0.2, 0.25) is 0 Å². The molecule has 1 aliphatic heterocycles. The highest BCUT2D eigenvalue weighted by Gasteiger charge is 2.21. The monoisotopic (exact) mass is 363 g/mol. The Morgan fingerprint density at radius 2 is 2.07 bits per heavy atom. The largest absolute Gasteiger partial charge is 0.494 e. The van der Waals surface area contributed by atoms with Gasteiger partial charge in [-0.2, -0.15) is 5.10 Å². The van der Waals surface area contributed by atoms with Crippen molar-refractivity contribution in [3.05, 3.63) is 77.6 Å². The molecule has 138 valence electrons. The number of aromatic nitrogens is 2. The molecule has 1 atom stereocenters. The average molecular weight is 363 g/mol. The van der Waals surface area contributed by atoms with E-state index in [0.29, 0.717) is 24.5 Å². The van der Waals surface area contributed by atoms with E-state index in [1.165, 1.54) is 5.56 Å². The molecule has 0 aliphatic carbocycles. The van der Waals surface area contributed by atoms with E-state index in [9.17, 15) is 4.79 Å². The Morgan fingerprint density at radius 3 is 2.96 bits per heavy atom. The Labute approximate surface area is 157 Å². The number of ether oxygens (including phenoxy) is 2. The van der Waals surface area contributed by atoms with E-state index in [1.807, 2.05) is 36.4 Å². The van der Waals surface area contributed by atoms with Gasteiger partial charge in [-0.3, -0.25) is 4.79 Å². The Kier molecular flexibility index (Phi) is 4.89. The third kappa shape index (κ3) is 3.57. The highest BCUT2D eigenvalue weighted by atomic mass is 16.5. The van der Waals surface area contributed by atoms with Crippen molar-refractivity contribution in [1.29, 1.82) is 0 Å². The number of nitrogens with zero attached hydrogens (tertiary/aromatic N) is 2. The van der Waals surface area contributed by atoms with Gasteiger partial charge in [0.1, 0.15) is 17.5 Å². The first-order valence-electron chi connectivity index (χ1n) is 8.92. The number of carbonyl (C=O) groups is 1. The Balaban J connectivity index is 1.45. The van der Waals surface area contributed by atoms with Crippen molar-refractivity contribution in [1.82, 2.24) is 15.1 Å². The molecule has 0 radical (unpaired) electrons. The molecule has 1 aliphatic rings. The molecular formula is C21H21N3O3. The van der Waals surface area contributed by atoms with Gasteiger partial charge in [-0.25, -0.2) is 4.68 Å². The van der Waals surface area contributed by atoms with Crippen LogP contribution in [0.5, 0.6) is 5.75 Å². The smallest absolute Gasteiger partial charge is 0.254 e. The fourth-order valence-electron chi connectivity index (χ4n) is 3.32. The number of fused-ring (bicyclic) bond motifs is 1. The van der Waals surface area contributed by atoms with E-state index in [4.69, 9.17) is 9.47 Å². The molecular weight excluding hydrogens is 342 g/mol. The van der Waals surface area contributed by atoms with Crippen molar-refractivity contribution >= 4 is 5.91 Å². The van der Waals surface area contributed by atoms with Gasteiger partial charge in [0.2, 0.25) is 0 Å². The van der Waals surface area contributed by atoms with Crippen LogP contribution in [-0.4, -0.2) is 35.9 Å². The number of benzene rings is 2. The molecule has 6 nitrogen and oxygen atoms in total. The van der Waals surface area contributed by atoms with Gasteiger partial charge in [-0.05, 0) is 29.7 Å². The second-order valence-electron chi connectivity index (χ2n) is 6.36. The maximum absolute atomic E-state index is 12.5. The molecule has 0 saturated carbocycles. The van der Waals surface area contributed by atoms with E-state index in [2.05, 4.69) is 22.5 Å². The Bertz CT molecular complexity index is 951. The predicted octanol–water partition coefficient (Wildman–Crippen LogP) is 2.92. The molecule has 6 heteroatoms. The molecule has 3 aromatic rings. The first-order valence-corrected chi connectivity index (χ1v) is 8.92. The van der Waals surface area contributed by atoms with Crippen LogP contribution in [0.1, 0.15) is 27.6 Å². The third-order valence-corrected chi connectivity index (χ3v) is 4.72. The van der Waals surface area contributed by atoms with Crippen LogP contribution in [0, 0.1) is 0 Å². The van der Waals surface area contributed by atoms with Gasteiger partial charge in [0.25, 0.3) is 5.91 Å². The van der Waals surface area contributed by atoms with Crippen LogP contribution in [0.4, 0.5) is 0 Å². The van der Waals surface area contributed by atoms with Gasteiger partial charge in [0.15, 0.2) is 0 Å². The minimum absolute atomic E-state index is 0.122. The second-order valence-corrected chi connectivity index (χ2v) is 6.36. The molecule has 1 aromatic heterocycles. The van der Waals surface area contributed by atoms with Crippen LogP contribution >= 0.6 is 0 Å². The van der Waals surface area contributed by atoms with E-state index in [1.54, 1.807) is 24.2 Å². The normalized spacial score (nSPS) is 15.8. The van der Waals surface area contributed by atoms with Gasteiger partial charge in [-0.15, -0.1) is 0 Å². The van der Waals surface area contributed by atoms with Crippen molar-refractivity contribution < 1.29 is 14.3 Å². The van der Waals surface area contributed by atoms with Crippen molar-refractivity contribution in [2.45, 2.75) is 12.5 Å². The van der Waals surface area contributed by atoms with Crippen molar-refractivity contribution in [2.24, 2.45) is 0 Å². The summed E-state index contributed by atoms with van der Waals surface area (Å²) in [6.45, 7) is 1.10. The summed E-state index contributed by atoms with van der Waals surface area (Å²) in [6.07, 6.45) is 4.04. The quantitative estimate of drug-likeness (QED) is 0.757. The number of hydrogen-bond donors (Lipinski definition) is 1. The molecule has 0 saturated heterocycles. The molecule has 2 heterocycles. The predicted molar refractivity (Wildman–Crippen MR) is 101 cm³/mol. The average Bonchev–Trinajstić information content (AvgIpc) is 3.22. The molecule has 4 rings (SSSR count). The van der Waals surface area contributed by atoms with Gasteiger partial charge < -0.3 is 14.8 Å². The minimum Gasteiger partial charge on any atom is -0.494 e. The first-order chi connectivity index (χ1) is 13.3. The summed E-state index contributed by atoms with van der Waals surface area (Å²) in [5, 5.41) is 7.25. The maximum Gasteiger partial charge on any atom is 0.254 e. The lowest BCUT2D eigenvalue weighted by atomic mass is 9.97. The van der Waals surface area contributed by atoms with E-state index >= 15 is 0 Å². The number of methoxy groups -OCH3 is 1. The molecule has 1 amide bonds. The fourth-order valence-corrected chi connectivity index (χ4v) is 3.32. The van der Waals surface area contributed by atoms with E-state index in [0.717, 1.165) is 17.7 Å². The second kappa shape index (κ2) is 7.63. The molecule has 2 aromatic carbocycles. The van der Waals surface area contributed by atoms with E-state index < -0.39 is 0 Å². The number of para-hydroxylation sites is 2. The molecule has 0 fully saturated rings. The zero-order chi connectivity index (χ0) is 18.6. The van der Waals surface area contributed by atoms with E-state index in [-0.39, 0.29) is 12.0 Å². The molecule has 1 N–H and O–H groups in total. The van der Waals surface area contributed by atoms with Crippen molar-refractivity contribution in [2.75, 3.05) is 20.3 Å². The summed E-state index contributed by atoms with van der Waals surface area (Å²) in [6, 6.07) is 15.7. The first kappa shape index (κ1) is 17.3. The number of amides is 1.